The second kappa shape index (κ2) is 8.43. The molecule has 2 atom stereocenters. The van der Waals surface area contributed by atoms with Crippen molar-refractivity contribution >= 4 is 5.82 Å². The molecule has 0 fully saturated rings. The lowest BCUT2D eigenvalue weighted by Crippen LogP contribution is -2.32. The molecular formula is C22H32N4O2. The molecule has 0 bridgehead atoms. The summed E-state index contributed by atoms with van der Waals surface area (Å²) in [6.45, 7) is 9.58. The molecule has 1 aliphatic heterocycles. The largest absolute Gasteiger partial charge is 0.480 e. The topological polar surface area (TPSA) is 71.4 Å². The molecule has 6 nitrogen and oxygen atoms in total. The maximum absolute atomic E-state index is 9.37. The van der Waals surface area contributed by atoms with Crippen LogP contribution < -0.4 is 9.64 Å². The van der Waals surface area contributed by atoms with Gasteiger partial charge in [0.2, 0.25) is 5.88 Å². The average molecular weight is 385 g/mol. The number of aromatic nitrogens is 3. The molecule has 0 radical (unpaired) electrons. The molecule has 2 unspecified atom stereocenters. The molecule has 0 saturated carbocycles. The van der Waals surface area contributed by atoms with Crippen LogP contribution in [-0.4, -0.2) is 47.4 Å². The number of aliphatic hydroxyl groups excluding tert-OH is 1. The van der Waals surface area contributed by atoms with Crippen LogP contribution >= 0.6 is 0 Å². The van der Waals surface area contributed by atoms with E-state index in [4.69, 9.17) is 14.7 Å². The van der Waals surface area contributed by atoms with Crippen LogP contribution in [0.15, 0.2) is 12.1 Å². The number of rotatable bonds is 6. The third-order valence-electron chi connectivity index (χ3n) is 5.76. The van der Waals surface area contributed by atoms with Gasteiger partial charge in [-0.3, -0.25) is 4.98 Å². The molecule has 1 N–H and O–H groups in total. The molecule has 6 heteroatoms. The molecule has 0 amide bonds. The van der Waals surface area contributed by atoms with Gasteiger partial charge in [-0.1, -0.05) is 20.8 Å². The first-order valence-corrected chi connectivity index (χ1v) is 10.1. The SMILES string of the molecule is COc1nc(C(C)C)ccc1-c1nc2c(nc1C)C(C(C)CCO)CCN2C. The first-order valence-electron chi connectivity index (χ1n) is 10.1. The first kappa shape index (κ1) is 20.5. The average Bonchev–Trinajstić information content (AvgIpc) is 2.67. The number of methoxy groups -OCH3 is 1. The van der Waals surface area contributed by atoms with E-state index in [1.54, 1.807) is 7.11 Å². The van der Waals surface area contributed by atoms with Gasteiger partial charge in [-0.25, -0.2) is 9.97 Å². The van der Waals surface area contributed by atoms with E-state index in [0.29, 0.717) is 23.6 Å². The highest BCUT2D eigenvalue weighted by molar-refractivity contribution is 5.69. The minimum absolute atomic E-state index is 0.207. The van der Waals surface area contributed by atoms with Crippen LogP contribution in [0.3, 0.4) is 0 Å². The standard InChI is InChI=1S/C22H32N4O2/c1-13(2)18-8-7-17(22(24-18)28-6)19-15(4)23-20-16(14(3)10-12-27)9-11-26(5)21(20)25-19/h7-8,13-14,16,27H,9-12H2,1-6H3. The number of aryl methyl sites for hydroxylation is 1. The van der Waals surface area contributed by atoms with Crippen molar-refractivity contribution < 1.29 is 9.84 Å². The number of hydrogen-bond donors (Lipinski definition) is 1. The summed E-state index contributed by atoms with van der Waals surface area (Å²) in [7, 11) is 3.72. The van der Waals surface area contributed by atoms with Crippen LogP contribution in [0.25, 0.3) is 11.3 Å². The molecule has 0 aliphatic carbocycles. The molecule has 3 rings (SSSR count). The van der Waals surface area contributed by atoms with E-state index in [1.807, 2.05) is 19.1 Å². The summed E-state index contributed by atoms with van der Waals surface area (Å²) in [4.78, 5) is 16.9. The van der Waals surface area contributed by atoms with Crippen LogP contribution in [0, 0.1) is 12.8 Å². The van der Waals surface area contributed by atoms with E-state index in [1.165, 1.54) is 0 Å². The summed E-state index contributed by atoms with van der Waals surface area (Å²) in [5.74, 6) is 2.54. The molecule has 1 aliphatic rings. The van der Waals surface area contributed by atoms with Gasteiger partial charge >= 0.3 is 0 Å². The van der Waals surface area contributed by atoms with Gasteiger partial charge in [-0.2, -0.15) is 0 Å². The van der Waals surface area contributed by atoms with Crippen molar-refractivity contribution in [2.24, 2.45) is 5.92 Å². The van der Waals surface area contributed by atoms with Crippen molar-refractivity contribution in [2.45, 2.75) is 52.4 Å². The van der Waals surface area contributed by atoms with Crippen molar-refractivity contribution in [3.8, 4) is 17.1 Å². The third kappa shape index (κ3) is 3.83. The van der Waals surface area contributed by atoms with Crippen LogP contribution in [0.2, 0.25) is 0 Å². The van der Waals surface area contributed by atoms with Crippen molar-refractivity contribution in [2.75, 3.05) is 32.2 Å². The second-order valence-electron chi connectivity index (χ2n) is 8.12. The van der Waals surface area contributed by atoms with E-state index in [-0.39, 0.29) is 6.61 Å². The molecular weight excluding hydrogens is 352 g/mol. The maximum atomic E-state index is 9.37. The van der Waals surface area contributed by atoms with Gasteiger partial charge in [0, 0.05) is 31.8 Å². The second-order valence-corrected chi connectivity index (χ2v) is 8.12. The Morgan fingerprint density at radius 2 is 1.96 bits per heavy atom. The molecule has 2 aromatic rings. The Labute approximate surface area is 168 Å². The fourth-order valence-corrected chi connectivity index (χ4v) is 3.96. The molecule has 2 aromatic heterocycles. The van der Waals surface area contributed by atoms with E-state index >= 15 is 0 Å². The Balaban J connectivity index is 2.09. The van der Waals surface area contributed by atoms with Gasteiger partial charge in [0.15, 0.2) is 5.82 Å². The summed E-state index contributed by atoms with van der Waals surface area (Å²) in [5.41, 5.74) is 4.62. The van der Waals surface area contributed by atoms with Crippen molar-refractivity contribution in [1.29, 1.82) is 0 Å². The smallest absolute Gasteiger partial charge is 0.222 e. The quantitative estimate of drug-likeness (QED) is 0.814. The molecule has 28 heavy (non-hydrogen) atoms. The van der Waals surface area contributed by atoms with Crippen LogP contribution in [0.5, 0.6) is 5.88 Å². The minimum Gasteiger partial charge on any atom is -0.480 e. The Hall–Kier alpha value is -2.21. The van der Waals surface area contributed by atoms with Crippen molar-refractivity contribution in [3.05, 3.63) is 29.2 Å². The summed E-state index contributed by atoms with van der Waals surface area (Å²) >= 11 is 0. The zero-order valence-electron chi connectivity index (χ0n) is 17.9. The van der Waals surface area contributed by atoms with Gasteiger partial charge in [-0.05, 0) is 43.7 Å². The van der Waals surface area contributed by atoms with E-state index in [2.05, 4.69) is 37.7 Å². The zero-order chi connectivity index (χ0) is 20.4. The van der Waals surface area contributed by atoms with Crippen molar-refractivity contribution in [3.63, 3.8) is 0 Å². The fraction of sp³-hybridized carbons (Fsp3) is 0.591. The number of nitrogens with zero attached hydrogens (tertiary/aromatic N) is 4. The Morgan fingerprint density at radius 3 is 2.61 bits per heavy atom. The number of anilines is 1. The Morgan fingerprint density at radius 1 is 1.21 bits per heavy atom. The summed E-state index contributed by atoms with van der Waals surface area (Å²) in [6, 6.07) is 4.08. The van der Waals surface area contributed by atoms with Gasteiger partial charge < -0.3 is 14.7 Å². The van der Waals surface area contributed by atoms with Crippen LogP contribution in [0.1, 0.15) is 62.5 Å². The molecule has 0 saturated heterocycles. The zero-order valence-corrected chi connectivity index (χ0v) is 17.9. The number of hydrogen-bond acceptors (Lipinski definition) is 6. The summed E-state index contributed by atoms with van der Waals surface area (Å²) in [5, 5.41) is 9.37. The fourth-order valence-electron chi connectivity index (χ4n) is 3.96. The predicted octanol–water partition coefficient (Wildman–Crippen LogP) is 3.92. The monoisotopic (exact) mass is 384 g/mol. The molecule has 0 aromatic carbocycles. The lowest BCUT2D eigenvalue weighted by molar-refractivity contribution is 0.244. The van der Waals surface area contributed by atoms with Crippen LogP contribution in [0.4, 0.5) is 5.82 Å². The number of aliphatic hydroxyl groups is 1. The Bertz CT molecular complexity index is 838. The van der Waals surface area contributed by atoms with Crippen LogP contribution in [-0.2, 0) is 0 Å². The summed E-state index contributed by atoms with van der Waals surface area (Å²) < 4.78 is 5.59. The lowest BCUT2D eigenvalue weighted by Gasteiger charge is -2.34. The van der Waals surface area contributed by atoms with E-state index in [9.17, 15) is 5.11 Å². The van der Waals surface area contributed by atoms with E-state index < -0.39 is 0 Å². The maximum Gasteiger partial charge on any atom is 0.222 e. The summed E-state index contributed by atoms with van der Waals surface area (Å²) in [6.07, 6.45) is 1.82. The number of fused-ring (bicyclic) bond motifs is 1. The van der Waals surface area contributed by atoms with Gasteiger partial charge in [0.25, 0.3) is 0 Å². The van der Waals surface area contributed by atoms with Crippen molar-refractivity contribution in [1.82, 2.24) is 15.0 Å². The highest BCUT2D eigenvalue weighted by Gasteiger charge is 2.31. The molecule has 3 heterocycles. The molecule has 152 valence electrons. The minimum atomic E-state index is 0.207. The highest BCUT2D eigenvalue weighted by Crippen LogP contribution is 2.40. The Kier molecular flexibility index (Phi) is 6.18. The van der Waals surface area contributed by atoms with Gasteiger partial charge in [0.05, 0.1) is 29.8 Å². The predicted molar refractivity (Wildman–Crippen MR) is 112 cm³/mol. The first-order chi connectivity index (χ1) is 13.4. The van der Waals surface area contributed by atoms with E-state index in [0.717, 1.165) is 53.5 Å². The number of ether oxygens (including phenoxy) is 1. The molecule has 0 spiro atoms. The number of pyridine rings is 1. The third-order valence-corrected chi connectivity index (χ3v) is 5.76. The van der Waals surface area contributed by atoms with Gasteiger partial charge in [0.1, 0.15) is 0 Å². The van der Waals surface area contributed by atoms with Gasteiger partial charge in [-0.15, -0.1) is 0 Å². The lowest BCUT2D eigenvalue weighted by atomic mass is 9.83. The highest BCUT2D eigenvalue weighted by atomic mass is 16.5. The normalized spacial score (nSPS) is 17.6.